The summed E-state index contributed by atoms with van der Waals surface area (Å²) in [6.45, 7) is 5.41. The Morgan fingerprint density at radius 3 is 2.33 bits per heavy atom. The lowest BCUT2D eigenvalue weighted by Crippen LogP contribution is -2.50. The highest BCUT2D eigenvalue weighted by molar-refractivity contribution is 14.0. The van der Waals surface area contributed by atoms with E-state index in [-0.39, 0.29) is 36.4 Å². The summed E-state index contributed by atoms with van der Waals surface area (Å²) in [7, 11) is 3.52. The fourth-order valence-electron chi connectivity index (χ4n) is 3.48. The Hall–Kier alpha value is -0.570. The molecule has 0 unspecified atom stereocenters. The van der Waals surface area contributed by atoms with Crippen LogP contribution in [0.25, 0.3) is 0 Å². The molecule has 0 atom stereocenters. The van der Waals surface area contributed by atoms with Crippen molar-refractivity contribution in [1.29, 1.82) is 0 Å². The SMILES string of the molecule is CCNC(=NCC(=O)N(C)C)NC1CCN(C2CCCC2)CC1.I. The van der Waals surface area contributed by atoms with Crippen LogP contribution in [0.1, 0.15) is 45.4 Å². The molecular formula is C17H34IN5O. The number of hydrogen-bond donors (Lipinski definition) is 2. The Morgan fingerprint density at radius 2 is 1.79 bits per heavy atom. The molecule has 7 heteroatoms. The van der Waals surface area contributed by atoms with E-state index in [2.05, 4.69) is 20.5 Å². The third-order valence-corrected chi connectivity index (χ3v) is 4.93. The van der Waals surface area contributed by atoms with Crippen LogP contribution >= 0.6 is 24.0 Å². The van der Waals surface area contributed by atoms with Crippen LogP contribution in [-0.2, 0) is 4.79 Å². The van der Waals surface area contributed by atoms with Crippen LogP contribution in [0.3, 0.4) is 0 Å². The smallest absolute Gasteiger partial charge is 0.243 e. The zero-order chi connectivity index (χ0) is 16.7. The summed E-state index contributed by atoms with van der Waals surface area (Å²) in [5, 5.41) is 6.75. The predicted octanol–water partition coefficient (Wildman–Crippen LogP) is 1.65. The number of aliphatic imine (C=N–C) groups is 1. The first-order chi connectivity index (χ1) is 11.1. The predicted molar refractivity (Wildman–Crippen MR) is 110 cm³/mol. The summed E-state index contributed by atoms with van der Waals surface area (Å²) >= 11 is 0. The molecule has 0 aromatic rings. The highest BCUT2D eigenvalue weighted by atomic mass is 127. The summed E-state index contributed by atoms with van der Waals surface area (Å²) < 4.78 is 0. The number of nitrogens with zero attached hydrogens (tertiary/aromatic N) is 3. The van der Waals surface area contributed by atoms with E-state index in [1.165, 1.54) is 38.8 Å². The number of nitrogens with one attached hydrogen (secondary N) is 2. The Labute approximate surface area is 163 Å². The number of hydrogen-bond acceptors (Lipinski definition) is 3. The third-order valence-electron chi connectivity index (χ3n) is 4.93. The van der Waals surface area contributed by atoms with Crippen LogP contribution in [0.2, 0.25) is 0 Å². The minimum Gasteiger partial charge on any atom is -0.357 e. The largest absolute Gasteiger partial charge is 0.357 e. The van der Waals surface area contributed by atoms with Gasteiger partial charge in [-0.15, -0.1) is 24.0 Å². The van der Waals surface area contributed by atoms with Crippen LogP contribution in [0.5, 0.6) is 0 Å². The van der Waals surface area contributed by atoms with Crippen molar-refractivity contribution >= 4 is 35.8 Å². The lowest BCUT2D eigenvalue weighted by atomic mass is 10.0. The molecule has 0 aromatic heterocycles. The maximum Gasteiger partial charge on any atom is 0.243 e. The van der Waals surface area contributed by atoms with Gasteiger partial charge in [0.2, 0.25) is 5.91 Å². The zero-order valence-electron chi connectivity index (χ0n) is 15.4. The van der Waals surface area contributed by atoms with Crippen LogP contribution < -0.4 is 10.6 Å². The van der Waals surface area contributed by atoms with Gasteiger partial charge in [0, 0.05) is 45.8 Å². The van der Waals surface area contributed by atoms with E-state index in [0.717, 1.165) is 31.4 Å². The molecule has 1 heterocycles. The molecule has 0 spiro atoms. The molecule has 140 valence electrons. The van der Waals surface area contributed by atoms with Gasteiger partial charge in [-0.2, -0.15) is 0 Å². The lowest BCUT2D eigenvalue weighted by Gasteiger charge is -2.36. The van der Waals surface area contributed by atoms with Crippen molar-refractivity contribution in [2.24, 2.45) is 4.99 Å². The van der Waals surface area contributed by atoms with Gasteiger partial charge >= 0.3 is 0 Å². The zero-order valence-corrected chi connectivity index (χ0v) is 17.7. The lowest BCUT2D eigenvalue weighted by molar-refractivity contribution is -0.127. The van der Waals surface area contributed by atoms with Gasteiger partial charge < -0.3 is 20.4 Å². The fourth-order valence-corrected chi connectivity index (χ4v) is 3.48. The maximum absolute atomic E-state index is 11.7. The van der Waals surface area contributed by atoms with Crippen LogP contribution in [-0.4, -0.2) is 74.0 Å². The number of rotatable bonds is 5. The van der Waals surface area contributed by atoms with Crippen molar-refractivity contribution in [1.82, 2.24) is 20.4 Å². The van der Waals surface area contributed by atoms with E-state index in [0.29, 0.717) is 6.04 Å². The second-order valence-corrected chi connectivity index (χ2v) is 6.88. The minimum absolute atomic E-state index is 0. The number of guanidine groups is 1. The Balaban J connectivity index is 0.00000288. The van der Waals surface area contributed by atoms with E-state index < -0.39 is 0 Å². The molecule has 2 N–H and O–H groups in total. The molecule has 1 saturated heterocycles. The second-order valence-electron chi connectivity index (χ2n) is 6.88. The normalized spacial score (nSPS) is 20.5. The van der Waals surface area contributed by atoms with E-state index in [1.54, 1.807) is 19.0 Å². The number of amides is 1. The summed E-state index contributed by atoms with van der Waals surface area (Å²) in [5.41, 5.74) is 0. The first-order valence-corrected chi connectivity index (χ1v) is 9.09. The van der Waals surface area contributed by atoms with Gasteiger partial charge in [-0.25, -0.2) is 4.99 Å². The number of carbonyl (C=O) groups excluding carboxylic acids is 1. The first kappa shape index (κ1) is 21.5. The second kappa shape index (κ2) is 11.1. The van der Waals surface area contributed by atoms with Crippen LogP contribution in [0.4, 0.5) is 0 Å². The Kier molecular flexibility index (Phi) is 9.95. The van der Waals surface area contributed by atoms with Gasteiger partial charge in [0.25, 0.3) is 0 Å². The maximum atomic E-state index is 11.7. The number of halogens is 1. The van der Waals surface area contributed by atoms with Crippen molar-refractivity contribution in [3.05, 3.63) is 0 Å². The summed E-state index contributed by atoms with van der Waals surface area (Å²) in [5.74, 6) is 0.792. The number of carbonyl (C=O) groups is 1. The minimum atomic E-state index is 0. The molecule has 2 aliphatic rings. The molecule has 6 nitrogen and oxygen atoms in total. The first-order valence-electron chi connectivity index (χ1n) is 9.09. The van der Waals surface area contributed by atoms with E-state index in [4.69, 9.17) is 0 Å². The molecule has 0 bridgehead atoms. The van der Waals surface area contributed by atoms with E-state index in [9.17, 15) is 4.79 Å². The third kappa shape index (κ3) is 6.74. The molecule has 2 rings (SSSR count). The standard InChI is InChI=1S/C17H33N5O.HI/c1-4-18-17(19-13-16(23)21(2)3)20-14-9-11-22(12-10-14)15-7-5-6-8-15;/h14-15H,4-13H2,1-3H3,(H2,18,19,20);1H. The highest BCUT2D eigenvalue weighted by Gasteiger charge is 2.27. The van der Waals surface area contributed by atoms with Gasteiger partial charge in [0.1, 0.15) is 6.54 Å². The van der Waals surface area contributed by atoms with Gasteiger partial charge in [0.15, 0.2) is 5.96 Å². The quantitative estimate of drug-likeness (QED) is 0.379. The molecule has 24 heavy (non-hydrogen) atoms. The van der Waals surface area contributed by atoms with Crippen LogP contribution in [0, 0.1) is 0 Å². The van der Waals surface area contributed by atoms with Gasteiger partial charge in [-0.3, -0.25) is 4.79 Å². The summed E-state index contributed by atoms with van der Waals surface area (Å²) in [4.78, 5) is 20.4. The van der Waals surface area contributed by atoms with Gasteiger partial charge in [-0.1, -0.05) is 12.8 Å². The molecular weight excluding hydrogens is 417 g/mol. The monoisotopic (exact) mass is 451 g/mol. The van der Waals surface area contributed by atoms with E-state index in [1.807, 2.05) is 6.92 Å². The number of likely N-dealkylation sites (tertiary alicyclic amines) is 1. The molecule has 0 aromatic carbocycles. The molecule has 1 saturated carbocycles. The Bertz CT molecular complexity index is 402. The van der Waals surface area contributed by atoms with Crippen molar-refractivity contribution in [3.8, 4) is 0 Å². The van der Waals surface area contributed by atoms with Gasteiger partial charge in [-0.05, 0) is 32.6 Å². The number of piperidine rings is 1. The summed E-state index contributed by atoms with van der Waals surface area (Å²) in [6.07, 6.45) is 7.88. The number of likely N-dealkylation sites (N-methyl/N-ethyl adjacent to an activating group) is 1. The highest BCUT2D eigenvalue weighted by Crippen LogP contribution is 2.26. The van der Waals surface area contributed by atoms with Gasteiger partial charge in [0.05, 0.1) is 0 Å². The molecule has 2 fully saturated rings. The summed E-state index contributed by atoms with van der Waals surface area (Å²) in [6, 6.07) is 1.29. The van der Waals surface area contributed by atoms with Crippen molar-refractivity contribution < 1.29 is 4.79 Å². The molecule has 1 amide bonds. The molecule has 1 aliphatic heterocycles. The molecule has 1 aliphatic carbocycles. The van der Waals surface area contributed by atoms with E-state index >= 15 is 0 Å². The van der Waals surface area contributed by atoms with Crippen LogP contribution in [0.15, 0.2) is 4.99 Å². The average molecular weight is 451 g/mol. The average Bonchev–Trinajstić information content (AvgIpc) is 3.07. The van der Waals surface area contributed by atoms with Crippen molar-refractivity contribution in [2.45, 2.75) is 57.5 Å². The fraction of sp³-hybridized carbons (Fsp3) is 0.882. The molecule has 0 radical (unpaired) electrons. The van der Waals surface area contributed by atoms with Crippen molar-refractivity contribution in [3.63, 3.8) is 0 Å². The van der Waals surface area contributed by atoms with Crippen molar-refractivity contribution in [2.75, 3.05) is 40.3 Å². The topological polar surface area (TPSA) is 60.0 Å². The Morgan fingerprint density at radius 1 is 1.17 bits per heavy atom.